The van der Waals surface area contributed by atoms with E-state index in [9.17, 15) is 8.78 Å². The second-order valence-electron chi connectivity index (χ2n) is 4.99. The zero-order valence-corrected chi connectivity index (χ0v) is 10.8. The Morgan fingerprint density at radius 3 is 2.78 bits per heavy atom. The average Bonchev–Trinajstić information content (AvgIpc) is 2.60. The minimum absolute atomic E-state index is 0.242. The van der Waals surface area contributed by atoms with E-state index < -0.39 is 11.6 Å². The topological polar surface area (TPSA) is 29.3 Å². The number of hydrogen-bond acceptors (Lipinski definition) is 2. The molecule has 1 unspecified atom stereocenters. The smallest absolute Gasteiger partial charge is 0.184 e. The van der Waals surface area contributed by atoms with Gasteiger partial charge >= 0.3 is 0 Å². The fraction of sp³-hybridized carbons (Fsp3) is 0.571. The van der Waals surface area contributed by atoms with Gasteiger partial charge in [0.15, 0.2) is 11.6 Å². The Bertz CT molecular complexity index is 421. The van der Waals surface area contributed by atoms with E-state index in [0.29, 0.717) is 11.6 Å². The van der Waals surface area contributed by atoms with Gasteiger partial charge in [-0.2, -0.15) is 0 Å². The molecule has 2 nitrogen and oxygen atoms in total. The zero-order valence-electron chi connectivity index (χ0n) is 10.8. The molecule has 0 radical (unpaired) electrons. The number of halogens is 2. The van der Waals surface area contributed by atoms with Gasteiger partial charge in [0.1, 0.15) is 0 Å². The molecule has 2 rings (SSSR count). The molecule has 1 fully saturated rings. The van der Waals surface area contributed by atoms with E-state index in [4.69, 9.17) is 5.73 Å². The van der Waals surface area contributed by atoms with Crippen LogP contribution in [-0.2, 0) is 0 Å². The Morgan fingerprint density at radius 1 is 1.28 bits per heavy atom. The molecule has 0 spiro atoms. The summed E-state index contributed by atoms with van der Waals surface area (Å²) in [7, 11) is 0. The van der Waals surface area contributed by atoms with Crippen molar-refractivity contribution >= 4 is 11.4 Å². The highest BCUT2D eigenvalue weighted by molar-refractivity contribution is 5.68. The molecule has 1 atom stereocenters. The van der Waals surface area contributed by atoms with Gasteiger partial charge in [-0.15, -0.1) is 0 Å². The molecule has 4 heteroatoms. The summed E-state index contributed by atoms with van der Waals surface area (Å²) in [4.78, 5) is 1.89. The zero-order chi connectivity index (χ0) is 13.1. The van der Waals surface area contributed by atoms with Gasteiger partial charge in [0.25, 0.3) is 0 Å². The second kappa shape index (κ2) is 5.55. The molecule has 1 aliphatic heterocycles. The summed E-state index contributed by atoms with van der Waals surface area (Å²) in [5, 5.41) is 0. The van der Waals surface area contributed by atoms with Crippen LogP contribution in [0.4, 0.5) is 20.2 Å². The highest BCUT2D eigenvalue weighted by atomic mass is 19.2. The van der Waals surface area contributed by atoms with Crippen molar-refractivity contribution in [2.45, 2.75) is 32.6 Å². The van der Waals surface area contributed by atoms with Crippen LogP contribution in [0.15, 0.2) is 12.1 Å². The first-order valence-corrected chi connectivity index (χ1v) is 6.62. The number of anilines is 2. The molecule has 0 aromatic heterocycles. The lowest BCUT2D eigenvalue weighted by molar-refractivity contribution is 0.459. The molecule has 0 amide bonds. The predicted octanol–water partition coefficient (Wildman–Crippen LogP) is 3.56. The minimum atomic E-state index is -0.824. The van der Waals surface area contributed by atoms with Gasteiger partial charge in [0.05, 0.1) is 11.4 Å². The van der Waals surface area contributed by atoms with Crippen LogP contribution in [0.2, 0.25) is 0 Å². The van der Waals surface area contributed by atoms with Gasteiger partial charge in [0, 0.05) is 13.1 Å². The standard InChI is InChI=1S/C14H20F2N2/c1-2-10-4-3-8-18(9-7-10)14-12(17)6-5-11(15)13(14)16/h5-6,10H,2-4,7-9,17H2,1H3. The maximum Gasteiger partial charge on any atom is 0.184 e. The average molecular weight is 254 g/mol. The monoisotopic (exact) mass is 254 g/mol. The number of rotatable bonds is 2. The van der Waals surface area contributed by atoms with E-state index in [-0.39, 0.29) is 5.69 Å². The third-order valence-corrected chi connectivity index (χ3v) is 3.84. The van der Waals surface area contributed by atoms with Crippen molar-refractivity contribution in [3.05, 3.63) is 23.8 Å². The molecule has 1 aromatic carbocycles. The van der Waals surface area contributed by atoms with Crippen molar-refractivity contribution in [2.75, 3.05) is 23.7 Å². The van der Waals surface area contributed by atoms with Crippen LogP contribution in [0.25, 0.3) is 0 Å². The van der Waals surface area contributed by atoms with Crippen molar-refractivity contribution in [1.29, 1.82) is 0 Å². The van der Waals surface area contributed by atoms with Crippen LogP contribution in [0.3, 0.4) is 0 Å². The van der Waals surface area contributed by atoms with Crippen LogP contribution in [-0.4, -0.2) is 13.1 Å². The lowest BCUT2D eigenvalue weighted by Gasteiger charge is -2.25. The molecule has 0 saturated carbocycles. The van der Waals surface area contributed by atoms with Crippen LogP contribution in [0, 0.1) is 17.6 Å². The first-order chi connectivity index (χ1) is 8.63. The lowest BCUT2D eigenvalue weighted by atomic mass is 9.98. The van der Waals surface area contributed by atoms with Crippen LogP contribution >= 0.6 is 0 Å². The van der Waals surface area contributed by atoms with E-state index in [0.717, 1.165) is 44.8 Å². The van der Waals surface area contributed by atoms with Gasteiger partial charge in [-0.05, 0) is 37.3 Å². The van der Waals surface area contributed by atoms with Crippen molar-refractivity contribution in [1.82, 2.24) is 0 Å². The van der Waals surface area contributed by atoms with Crippen molar-refractivity contribution in [2.24, 2.45) is 5.92 Å². The Labute approximate surface area is 107 Å². The number of benzene rings is 1. The van der Waals surface area contributed by atoms with E-state index in [1.54, 1.807) is 0 Å². The fourth-order valence-electron chi connectivity index (χ4n) is 2.67. The van der Waals surface area contributed by atoms with E-state index >= 15 is 0 Å². The summed E-state index contributed by atoms with van der Waals surface area (Å²) in [5.41, 5.74) is 6.36. The molecule has 1 aromatic rings. The SMILES string of the molecule is CCC1CCCN(c2c(N)ccc(F)c2F)CC1. The highest BCUT2D eigenvalue weighted by Gasteiger charge is 2.21. The lowest BCUT2D eigenvalue weighted by Crippen LogP contribution is -2.26. The maximum atomic E-state index is 13.9. The molecule has 0 aliphatic carbocycles. The van der Waals surface area contributed by atoms with E-state index in [1.807, 2.05) is 4.90 Å². The number of nitrogens with zero attached hydrogens (tertiary/aromatic N) is 1. The van der Waals surface area contributed by atoms with Gasteiger partial charge < -0.3 is 10.6 Å². The molecule has 0 bridgehead atoms. The Hall–Kier alpha value is -1.32. The van der Waals surface area contributed by atoms with Crippen LogP contribution in [0.5, 0.6) is 0 Å². The molecular weight excluding hydrogens is 234 g/mol. The molecule has 1 aliphatic rings. The molecular formula is C14H20F2N2. The van der Waals surface area contributed by atoms with Gasteiger partial charge in [-0.1, -0.05) is 13.3 Å². The molecule has 1 heterocycles. The van der Waals surface area contributed by atoms with Crippen molar-refractivity contribution < 1.29 is 8.78 Å². The normalized spacial score (nSPS) is 20.8. The summed E-state index contributed by atoms with van der Waals surface area (Å²) in [6, 6.07) is 2.52. The molecule has 100 valence electrons. The number of nitrogen functional groups attached to an aromatic ring is 1. The predicted molar refractivity (Wildman–Crippen MR) is 70.6 cm³/mol. The van der Waals surface area contributed by atoms with E-state index in [1.165, 1.54) is 6.07 Å². The summed E-state index contributed by atoms with van der Waals surface area (Å²) in [6.45, 7) is 3.68. The Morgan fingerprint density at radius 2 is 2.06 bits per heavy atom. The Kier molecular flexibility index (Phi) is 4.04. The quantitative estimate of drug-likeness (QED) is 0.818. The van der Waals surface area contributed by atoms with Crippen molar-refractivity contribution in [3.8, 4) is 0 Å². The third kappa shape index (κ3) is 2.57. The molecule has 18 heavy (non-hydrogen) atoms. The first kappa shape index (κ1) is 13.1. The Balaban J connectivity index is 2.23. The molecule has 2 N–H and O–H groups in total. The van der Waals surface area contributed by atoms with Gasteiger partial charge in [-0.25, -0.2) is 8.78 Å². The van der Waals surface area contributed by atoms with Crippen LogP contribution in [0.1, 0.15) is 32.6 Å². The van der Waals surface area contributed by atoms with Crippen LogP contribution < -0.4 is 10.6 Å². The third-order valence-electron chi connectivity index (χ3n) is 3.84. The summed E-state index contributed by atoms with van der Waals surface area (Å²) in [6.07, 6.45) is 4.33. The highest BCUT2D eigenvalue weighted by Crippen LogP contribution is 2.31. The van der Waals surface area contributed by atoms with Gasteiger partial charge in [0.2, 0.25) is 0 Å². The molecule has 1 saturated heterocycles. The summed E-state index contributed by atoms with van der Waals surface area (Å²) < 4.78 is 27.2. The number of hydrogen-bond donors (Lipinski definition) is 1. The summed E-state index contributed by atoms with van der Waals surface area (Å²) in [5.74, 6) is -0.951. The first-order valence-electron chi connectivity index (χ1n) is 6.62. The fourth-order valence-corrected chi connectivity index (χ4v) is 2.67. The maximum absolute atomic E-state index is 13.9. The number of nitrogens with two attached hydrogens (primary N) is 1. The second-order valence-corrected chi connectivity index (χ2v) is 4.99. The minimum Gasteiger partial charge on any atom is -0.397 e. The van der Waals surface area contributed by atoms with Gasteiger partial charge in [-0.3, -0.25) is 0 Å². The van der Waals surface area contributed by atoms with E-state index in [2.05, 4.69) is 6.92 Å². The largest absolute Gasteiger partial charge is 0.397 e. The van der Waals surface area contributed by atoms with Crippen molar-refractivity contribution in [3.63, 3.8) is 0 Å². The summed E-state index contributed by atoms with van der Waals surface area (Å²) >= 11 is 0.